The Labute approximate surface area is 181 Å². The molecule has 4 heteroatoms. The van der Waals surface area contributed by atoms with E-state index in [1.165, 1.54) is 24.0 Å². The van der Waals surface area contributed by atoms with Crippen LogP contribution in [-0.2, 0) is 16.0 Å². The molecule has 4 aliphatic rings. The van der Waals surface area contributed by atoms with Crippen molar-refractivity contribution in [1.29, 1.82) is 0 Å². The molecule has 4 atom stereocenters. The number of rotatable bonds is 2. The highest BCUT2D eigenvalue weighted by atomic mass is 16.2. The van der Waals surface area contributed by atoms with Gasteiger partial charge in [-0.15, -0.1) is 0 Å². The summed E-state index contributed by atoms with van der Waals surface area (Å²) in [6.45, 7) is 3.54. The van der Waals surface area contributed by atoms with Gasteiger partial charge in [0.1, 0.15) is 0 Å². The van der Waals surface area contributed by atoms with Gasteiger partial charge in [0.15, 0.2) is 0 Å². The zero-order chi connectivity index (χ0) is 20.5. The number of fused-ring (bicyclic) bond motifs is 3. The first-order chi connectivity index (χ1) is 14.7. The van der Waals surface area contributed by atoms with Crippen molar-refractivity contribution in [2.45, 2.75) is 70.1 Å². The van der Waals surface area contributed by atoms with E-state index in [0.29, 0.717) is 17.7 Å². The van der Waals surface area contributed by atoms with Crippen molar-refractivity contribution >= 4 is 11.8 Å². The van der Waals surface area contributed by atoms with Gasteiger partial charge in [-0.2, -0.15) is 0 Å². The fourth-order valence-electron chi connectivity index (χ4n) is 6.82. The van der Waals surface area contributed by atoms with E-state index >= 15 is 0 Å². The average molecular weight is 409 g/mol. The Hall–Kier alpha value is -1.84. The first-order valence-corrected chi connectivity index (χ1v) is 12.4. The zero-order valence-electron chi connectivity index (χ0n) is 18.2. The molecule has 4 unspecified atom stereocenters. The van der Waals surface area contributed by atoms with E-state index in [9.17, 15) is 9.59 Å². The number of amides is 2. The summed E-state index contributed by atoms with van der Waals surface area (Å²) in [6.07, 6.45) is 10.9. The van der Waals surface area contributed by atoms with Crippen LogP contribution in [0.1, 0.15) is 74.8 Å². The minimum absolute atomic E-state index is 0.107. The minimum Gasteiger partial charge on any atom is -0.342 e. The number of aryl methyl sites for hydroxylation is 1. The second-order valence-electron chi connectivity index (χ2n) is 9.99. The lowest BCUT2D eigenvalue weighted by molar-refractivity contribution is -0.153. The average Bonchev–Trinajstić information content (AvgIpc) is 2.83. The number of carbonyl (C=O) groups is 2. The Bertz CT molecular complexity index is 779. The molecule has 5 rings (SSSR count). The molecule has 2 aliphatic carbocycles. The van der Waals surface area contributed by atoms with Gasteiger partial charge in [0, 0.05) is 26.2 Å². The summed E-state index contributed by atoms with van der Waals surface area (Å²) in [5, 5.41) is 0. The first-order valence-electron chi connectivity index (χ1n) is 12.4. The van der Waals surface area contributed by atoms with Crippen LogP contribution in [0, 0.1) is 17.8 Å². The summed E-state index contributed by atoms with van der Waals surface area (Å²) in [4.78, 5) is 31.7. The molecule has 0 spiro atoms. The lowest BCUT2D eigenvalue weighted by Crippen LogP contribution is -2.53. The Morgan fingerprint density at radius 2 is 1.37 bits per heavy atom. The van der Waals surface area contributed by atoms with Crippen LogP contribution in [0.15, 0.2) is 24.3 Å². The van der Waals surface area contributed by atoms with Gasteiger partial charge in [-0.25, -0.2) is 0 Å². The van der Waals surface area contributed by atoms with Crippen LogP contribution in [0.4, 0.5) is 0 Å². The third kappa shape index (κ3) is 3.67. The van der Waals surface area contributed by atoms with E-state index in [0.717, 1.165) is 77.5 Å². The van der Waals surface area contributed by atoms with Gasteiger partial charge in [0.2, 0.25) is 11.8 Å². The molecule has 2 heterocycles. The Morgan fingerprint density at radius 3 is 2.07 bits per heavy atom. The van der Waals surface area contributed by atoms with Crippen molar-refractivity contribution in [1.82, 2.24) is 9.80 Å². The molecule has 4 nitrogen and oxygen atoms in total. The van der Waals surface area contributed by atoms with E-state index in [1.54, 1.807) is 0 Å². The number of hydrogen-bond acceptors (Lipinski definition) is 2. The van der Waals surface area contributed by atoms with E-state index < -0.39 is 0 Å². The van der Waals surface area contributed by atoms with E-state index in [4.69, 9.17) is 0 Å². The van der Waals surface area contributed by atoms with Crippen molar-refractivity contribution in [3.8, 4) is 0 Å². The molecule has 3 fully saturated rings. The summed E-state index contributed by atoms with van der Waals surface area (Å²) in [5.74, 6) is 1.11. The Balaban J connectivity index is 1.45. The number of likely N-dealkylation sites (tertiary alicyclic amines) is 2. The van der Waals surface area contributed by atoms with Crippen molar-refractivity contribution < 1.29 is 9.59 Å². The van der Waals surface area contributed by atoms with Crippen molar-refractivity contribution in [2.24, 2.45) is 17.8 Å². The SMILES string of the molecule is O=C(C1CCC2c3ccccc3CCC2C1C(=O)N1CCCCC1)N1CCCCC1. The molecule has 30 heavy (non-hydrogen) atoms. The van der Waals surface area contributed by atoms with Crippen LogP contribution in [0.5, 0.6) is 0 Å². The summed E-state index contributed by atoms with van der Waals surface area (Å²) < 4.78 is 0. The number of nitrogens with zero attached hydrogens (tertiary/aromatic N) is 2. The van der Waals surface area contributed by atoms with Crippen LogP contribution in [-0.4, -0.2) is 47.8 Å². The fourth-order valence-corrected chi connectivity index (χ4v) is 6.82. The highest BCUT2D eigenvalue weighted by molar-refractivity contribution is 5.88. The molecule has 0 N–H and O–H groups in total. The van der Waals surface area contributed by atoms with Crippen LogP contribution in [0.3, 0.4) is 0 Å². The van der Waals surface area contributed by atoms with Crippen molar-refractivity contribution in [3.63, 3.8) is 0 Å². The number of piperidine rings is 2. The summed E-state index contributed by atoms with van der Waals surface area (Å²) >= 11 is 0. The van der Waals surface area contributed by atoms with E-state index in [-0.39, 0.29) is 17.7 Å². The lowest BCUT2D eigenvalue weighted by Gasteiger charge is -2.47. The third-order valence-corrected chi connectivity index (χ3v) is 8.34. The third-order valence-electron chi connectivity index (χ3n) is 8.34. The predicted octanol–water partition coefficient (Wildman–Crippen LogP) is 4.38. The largest absolute Gasteiger partial charge is 0.342 e. The van der Waals surface area contributed by atoms with Gasteiger partial charge in [-0.05, 0) is 87.2 Å². The van der Waals surface area contributed by atoms with Crippen LogP contribution in [0.2, 0.25) is 0 Å². The molecule has 2 amide bonds. The molecule has 162 valence electrons. The van der Waals surface area contributed by atoms with E-state index in [1.807, 2.05) is 0 Å². The first kappa shape index (κ1) is 20.1. The van der Waals surface area contributed by atoms with Gasteiger partial charge in [-0.1, -0.05) is 24.3 Å². The Morgan fingerprint density at radius 1 is 0.733 bits per heavy atom. The van der Waals surface area contributed by atoms with E-state index in [2.05, 4.69) is 34.1 Å². The maximum absolute atomic E-state index is 13.9. The number of benzene rings is 1. The smallest absolute Gasteiger partial charge is 0.226 e. The molecule has 0 aromatic heterocycles. The lowest BCUT2D eigenvalue weighted by atomic mass is 9.59. The fraction of sp³-hybridized carbons (Fsp3) is 0.692. The zero-order valence-corrected chi connectivity index (χ0v) is 18.2. The molecule has 1 aromatic rings. The van der Waals surface area contributed by atoms with Gasteiger partial charge in [-0.3, -0.25) is 9.59 Å². The number of carbonyl (C=O) groups excluding carboxylic acids is 2. The molecule has 1 saturated carbocycles. The molecule has 0 bridgehead atoms. The maximum Gasteiger partial charge on any atom is 0.226 e. The monoisotopic (exact) mass is 408 g/mol. The van der Waals surface area contributed by atoms with Gasteiger partial charge < -0.3 is 9.80 Å². The quantitative estimate of drug-likeness (QED) is 0.728. The topological polar surface area (TPSA) is 40.6 Å². The number of hydrogen-bond donors (Lipinski definition) is 0. The highest BCUT2D eigenvalue weighted by Crippen LogP contribution is 2.51. The predicted molar refractivity (Wildman–Crippen MR) is 118 cm³/mol. The van der Waals surface area contributed by atoms with Crippen LogP contribution >= 0.6 is 0 Å². The second-order valence-corrected chi connectivity index (χ2v) is 9.99. The van der Waals surface area contributed by atoms with Crippen molar-refractivity contribution in [3.05, 3.63) is 35.4 Å². The second kappa shape index (κ2) is 8.72. The summed E-state index contributed by atoms with van der Waals surface area (Å²) in [5.41, 5.74) is 2.91. The van der Waals surface area contributed by atoms with Gasteiger partial charge in [0.05, 0.1) is 11.8 Å². The molecule has 2 aliphatic heterocycles. The highest BCUT2D eigenvalue weighted by Gasteiger charge is 2.50. The van der Waals surface area contributed by atoms with Crippen LogP contribution < -0.4 is 0 Å². The minimum atomic E-state index is -0.121. The molecular formula is C26H36N2O2. The molecular weight excluding hydrogens is 372 g/mol. The van der Waals surface area contributed by atoms with Gasteiger partial charge >= 0.3 is 0 Å². The van der Waals surface area contributed by atoms with Gasteiger partial charge in [0.25, 0.3) is 0 Å². The molecule has 1 aromatic carbocycles. The normalized spacial score (nSPS) is 31.6. The molecule has 0 radical (unpaired) electrons. The Kier molecular flexibility index (Phi) is 5.84. The summed E-state index contributed by atoms with van der Waals surface area (Å²) in [7, 11) is 0. The maximum atomic E-state index is 13.9. The summed E-state index contributed by atoms with van der Waals surface area (Å²) in [6, 6.07) is 8.83. The van der Waals surface area contributed by atoms with Crippen molar-refractivity contribution in [2.75, 3.05) is 26.2 Å². The molecule has 2 saturated heterocycles. The standard InChI is InChI=1S/C26H36N2O2/c29-25(27-15-5-1-6-16-27)23-14-13-21-20-10-4-3-9-19(20)11-12-22(21)24(23)26(30)28-17-7-2-8-18-28/h3-4,9-10,21-24H,1-2,5-8,11-18H2. The van der Waals surface area contributed by atoms with Crippen LogP contribution in [0.25, 0.3) is 0 Å².